The topological polar surface area (TPSA) is 62.3 Å². The molecule has 1 heterocycles. The molecule has 1 unspecified atom stereocenters. The van der Waals surface area contributed by atoms with Crippen molar-refractivity contribution in [3.63, 3.8) is 0 Å². The fourth-order valence-electron chi connectivity index (χ4n) is 2.00. The van der Waals surface area contributed by atoms with Gasteiger partial charge >= 0.3 is 0 Å². The zero-order valence-electron chi connectivity index (χ0n) is 10.6. The van der Waals surface area contributed by atoms with Crippen LogP contribution in [0.15, 0.2) is 0 Å². The molecule has 4 heteroatoms. The maximum Gasteiger partial charge on any atom is 0.101 e. The Morgan fingerprint density at radius 1 is 1.56 bits per heavy atom. The Kier molecular flexibility index (Phi) is 4.31. The molecule has 0 aromatic rings. The summed E-state index contributed by atoms with van der Waals surface area (Å²) in [7, 11) is 0. The molecule has 1 rings (SSSR count). The summed E-state index contributed by atoms with van der Waals surface area (Å²) in [5, 5.41) is 8.83. The van der Waals surface area contributed by atoms with Crippen LogP contribution in [0.25, 0.3) is 0 Å². The third-order valence-corrected chi connectivity index (χ3v) is 3.20. The van der Waals surface area contributed by atoms with E-state index in [1.54, 1.807) is 6.92 Å². The molecule has 0 spiro atoms. The zero-order chi connectivity index (χ0) is 12.2. The van der Waals surface area contributed by atoms with Crippen LogP contribution in [0.4, 0.5) is 0 Å². The lowest BCUT2D eigenvalue weighted by molar-refractivity contribution is -0.0515. The van der Waals surface area contributed by atoms with E-state index in [0.29, 0.717) is 0 Å². The Morgan fingerprint density at radius 2 is 2.25 bits per heavy atom. The standard InChI is InChI=1S/C12H23N3O/c1-11(2)10-16-8-7-15(11)6-4-5-12(3,14)9-13/h4-8,10,14H2,1-3H3. The quantitative estimate of drug-likeness (QED) is 0.778. The van der Waals surface area contributed by atoms with Crippen molar-refractivity contribution < 1.29 is 4.74 Å². The largest absolute Gasteiger partial charge is 0.378 e. The number of morpholine rings is 1. The predicted octanol–water partition coefficient (Wildman–Crippen LogP) is 1.12. The van der Waals surface area contributed by atoms with E-state index in [1.807, 2.05) is 0 Å². The van der Waals surface area contributed by atoms with Crippen LogP contribution >= 0.6 is 0 Å². The van der Waals surface area contributed by atoms with E-state index >= 15 is 0 Å². The molecule has 0 amide bonds. The summed E-state index contributed by atoms with van der Waals surface area (Å²) >= 11 is 0. The molecular weight excluding hydrogens is 202 g/mol. The average Bonchev–Trinajstić information content (AvgIpc) is 2.20. The highest BCUT2D eigenvalue weighted by Crippen LogP contribution is 2.20. The third-order valence-electron chi connectivity index (χ3n) is 3.20. The maximum atomic E-state index is 8.83. The van der Waals surface area contributed by atoms with E-state index in [2.05, 4.69) is 24.8 Å². The molecule has 1 aliphatic heterocycles. The first-order valence-electron chi connectivity index (χ1n) is 5.90. The summed E-state index contributed by atoms with van der Waals surface area (Å²) in [5.41, 5.74) is 5.22. The van der Waals surface area contributed by atoms with Crippen molar-refractivity contribution in [3.8, 4) is 6.07 Å². The van der Waals surface area contributed by atoms with Gasteiger partial charge < -0.3 is 10.5 Å². The van der Waals surface area contributed by atoms with Crippen molar-refractivity contribution in [3.05, 3.63) is 0 Å². The molecule has 2 N–H and O–H groups in total. The van der Waals surface area contributed by atoms with Gasteiger partial charge in [-0.15, -0.1) is 0 Å². The van der Waals surface area contributed by atoms with Crippen molar-refractivity contribution in [1.82, 2.24) is 4.90 Å². The second-order valence-electron chi connectivity index (χ2n) is 5.48. The summed E-state index contributed by atoms with van der Waals surface area (Å²) in [6, 6.07) is 2.13. The summed E-state index contributed by atoms with van der Waals surface area (Å²) in [4.78, 5) is 2.42. The van der Waals surface area contributed by atoms with Gasteiger partial charge in [0.2, 0.25) is 0 Å². The lowest BCUT2D eigenvalue weighted by atomic mass is 9.97. The van der Waals surface area contributed by atoms with Gasteiger partial charge in [0, 0.05) is 12.1 Å². The number of hydrogen-bond acceptors (Lipinski definition) is 4. The Morgan fingerprint density at radius 3 is 2.81 bits per heavy atom. The van der Waals surface area contributed by atoms with E-state index in [9.17, 15) is 0 Å². The van der Waals surface area contributed by atoms with Gasteiger partial charge in [0.1, 0.15) is 5.54 Å². The molecule has 1 aliphatic rings. The summed E-state index contributed by atoms with van der Waals surface area (Å²) in [6.07, 6.45) is 1.71. The maximum absolute atomic E-state index is 8.83. The molecular formula is C12H23N3O. The van der Waals surface area contributed by atoms with E-state index in [4.69, 9.17) is 15.7 Å². The van der Waals surface area contributed by atoms with Crippen LogP contribution in [0.1, 0.15) is 33.6 Å². The first-order valence-corrected chi connectivity index (χ1v) is 5.90. The molecule has 0 saturated carbocycles. The minimum atomic E-state index is -0.684. The summed E-state index contributed by atoms with van der Waals surface area (Å²) in [6.45, 7) is 9.73. The van der Waals surface area contributed by atoms with Gasteiger partial charge in [-0.05, 0) is 40.2 Å². The fraction of sp³-hybridized carbons (Fsp3) is 0.917. The summed E-state index contributed by atoms with van der Waals surface area (Å²) in [5.74, 6) is 0. The molecule has 92 valence electrons. The molecule has 0 aromatic carbocycles. The summed E-state index contributed by atoms with van der Waals surface area (Å²) < 4.78 is 5.46. The number of nitrogens with two attached hydrogens (primary N) is 1. The van der Waals surface area contributed by atoms with Crippen molar-refractivity contribution in [2.24, 2.45) is 5.73 Å². The molecule has 1 fully saturated rings. The van der Waals surface area contributed by atoms with Gasteiger partial charge in [-0.25, -0.2) is 0 Å². The van der Waals surface area contributed by atoms with Gasteiger partial charge in [0.05, 0.1) is 19.3 Å². The number of nitrogens with zero attached hydrogens (tertiary/aromatic N) is 2. The molecule has 0 aromatic heterocycles. The van der Waals surface area contributed by atoms with Crippen LogP contribution < -0.4 is 5.73 Å². The smallest absolute Gasteiger partial charge is 0.101 e. The van der Waals surface area contributed by atoms with E-state index < -0.39 is 5.54 Å². The second-order valence-corrected chi connectivity index (χ2v) is 5.48. The van der Waals surface area contributed by atoms with Crippen molar-refractivity contribution in [2.45, 2.75) is 44.7 Å². The molecule has 16 heavy (non-hydrogen) atoms. The van der Waals surface area contributed by atoms with Crippen molar-refractivity contribution in [2.75, 3.05) is 26.3 Å². The zero-order valence-corrected chi connectivity index (χ0v) is 10.6. The van der Waals surface area contributed by atoms with E-state index in [1.165, 1.54) is 0 Å². The first-order chi connectivity index (χ1) is 7.37. The Hall–Kier alpha value is -0.630. The lowest BCUT2D eigenvalue weighted by Gasteiger charge is -2.42. The highest BCUT2D eigenvalue weighted by molar-refractivity contribution is 5.00. The van der Waals surface area contributed by atoms with E-state index in [-0.39, 0.29) is 5.54 Å². The fourth-order valence-corrected chi connectivity index (χ4v) is 2.00. The Balaban J connectivity index is 2.35. The minimum Gasteiger partial charge on any atom is -0.378 e. The van der Waals surface area contributed by atoms with Crippen molar-refractivity contribution >= 4 is 0 Å². The molecule has 4 nitrogen and oxygen atoms in total. The lowest BCUT2D eigenvalue weighted by Crippen LogP contribution is -2.53. The highest BCUT2D eigenvalue weighted by atomic mass is 16.5. The minimum absolute atomic E-state index is 0.107. The van der Waals surface area contributed by atoms with Crippen LogP contribution in [0.5, 0.6) is 0 Å². The number of ether oxygens (including phenoxy) is 1. The van der Waals surface area contributed by atoms with Gasteiger partial charge in [0.15, 0.2) is 0 Å². The first kappa shape index (κ1) is 13.4. The van der Waals surface area contributed by atoms with Gasteiger partial charge in [0.25, 0.3) is 0 Å². The van der Waals surface area contributed by atoms with E-state index in [0.717, 1.165) is 39.1 Å². The predicted molar refractivity (Wildman–Crippen MR) is 63.9 cm³/mol. The molecule has 0 radical (unpaired) electrons. The van der Waals surface area contributed by atoms with Crippen LogP contribution in [0.3, 0.4) is 0 Å². The van der Waals surface area contributed by atoms with Crippen LogP contribution in [0, 0.1) is 11.3 Å². The Bertz CT molecular complexity index is 268. The highest BCUT2D eigenvalue weighted by Gasteiger charge is 2.30. The third kappa shape index (κ3) is 3.75. The normalized spacial score (nSPS) is 24.7. The van der Waals surface area contributed by atoms with Crippen LogP contribution in [-0.4, -0.2) is 42.3 Å². The SMILES string of the molecule is CC(N)(C#N)CCCN1CCOCC1(C)C. The Labute approximate surface area is 98.4 Å². The number of hydrogen-bond donors (Lipinski definition) is 1. The van der Waals surface area contributed by atoms with Crippen molar-refractivity contribution in [1.29, 1.82) is 5.26 Å². The van der Waals surface area contributed by atoms with Gasteiger partial charge in [-0.2, -0.15) is 5.26 Å². The monoisotopic (exact) mass is 225 g/mol. The molecule has 0 bridgehead atoms. The molecule has 0 aliphatic carbocycles. The molecule has 1 atom stereocenters. The van der Waals surface area contributed by atoms with Gasteiger partial charge in [-0.1, -0.05) is 0 Å². The van der Waals surface area contributed by atoms with Crippen LogP contribution in [0.2, 0.25) is 0 Å². The average molecular weight is 225 g/mol. The van der Waals surface area contributed by atoms with Gasteiger partial charge in [-0.3, -0.25) is 4.90 Å². The number of rotatable bonds is 4. The molecule has 1 saturated heterocycles. The number of nitriles is 1. The second kappa shape index (κ2) is 5.13. The van der Waals surface area contributed by atoms with Crippen LogP contribution in [-0.2, 0) is 4.74 Å².